The van der Waals surface area contributed by atoms with Crippen molar-refractivity contribution in [3.63, 3.8) is 0 Å². The minimum atomic E-state index is 0.175. The molecule has 0 aromatic carbocycles. The second-order valence-corrected chi connectivity index (χ2v) is 5.97. The van der Waals surface area contributed by atoms with Crippen molar-refractivity contribution in [3.05, 3.63) is 28.0 Å². The first-order chi connectivity index (χ1) is 6.48. The van der Waals surface area contributed by atoms with E-state index in [0.29, 0.717) is 0 Å². The van der Waals surface area contributed by atoms with E-state index in [4.69, 9.17) is 0 Å². The lowest BCUT2D eigenvalue weighted by Crippen LogP contribution is -2.12. The van der Waals surface area contributed by atoms with Crippen molar-refractivity contribution in [3.8, 4) is 0 Å². The third-order valence-corrected chi connectivity index (χ3v) is 3.33. The molecule has 0 unspecified atom stereocenters. The molecule has 0 radical (unpaired) electrons. The minimum Gasteiger partial charge on any atom is -0.261 e. The molecule has 1 saturated carbocycles. The van der Waals surface area contributed by atoms with Crippen molar-refractivity contribution in [1.29, 1.82) is 0 Å². The molecule has 1 aromatic rings. The smallest absolute Gasteiger partial charge is 0.0445 e. The fourth-order valence-corrected chi connectivity index (χ4v) is 2.53. The number of hydrogen-bond donors (Lipinski definition) is 0. The molecule has 0 atom stereocenters. The normalized spacial score (nSPS) is 17.1. The van der Waals surface area contributed by atoms with Gasteiger partial charge in [-0.1, -0.05) is 36.7 Å². The average Bonchev–Trinajstić information content (AvgIpc) is 2.83. The monoisotopic (exact) mass is 253 g/mol. The van der Waals surface area contributed by atoms with Gasteiger partial charge in [-0.15, -0.1) is 0 Å². The van der Waals surface area contributed by atoms with Gasteiger partial charge in [0.25, 0.3) is 0 Å². The first-order valence-corrected chi connectivity index (χ1v) is 5.93. The molecule has 1 aliphatic rings. The molecule has 2 rings (SSSR count). The molecule has 1 aliphatic carbocycles. The Bertz CT molecular complexity index is 348. The van der Waals surface area contributed by atoms with Crippen LogP contribution >= 0.6 is 15.9 Å². The van der Waals surface area contributed by atoms with Gasteiger partial charge in [0.05, 0.1) is 0 Å². The van der Waals surface area contributed by atoms with Gasteiger partial charge in [-0.2, -0.15) is 0 Å². The highest BCUT2D eigenvalue weighted by Crippen LogP contribution is 2.41. The maximum absolute atomic E-state index is 4.54. The third-order valence-electron chi connectivity index (χ3n) is 2.68. The molecular weight excluding hydrogens is 238 g/mol. The summed E-state index contributed by atoms with van der Waals surface area (Å²) in [7, 11) is 0. The van der Waals surface area contributed by atoms with E-state index in [-0.39, 0.29) is 5.41 Å². The average molecular weight is 254 g/mol. The highest BCUT2D eigenvalue weighted by Gasteiger charge is 2.26. The summed E-state index contributed by atoms with van der Waals surface area (Å²) in [6.45, 7) is 6.64. The number of rotatable bonds is 1. The van der Waals surface area contributed by atoms with Crippen LogP contribution in [0, 0.1) is 0 Å². The van der Waals surface area contributed by atoms with Gasteiger partial charge < -0.3 is 0 Å². The second-order valence-electron chi connectivity index (χ2n) is 5.11. The van der Waals surface area contributed by atoms with E-state index in [0.717, 1.165) is 5.92 Å². The molecule has 1 nitrogen and oxygen atoms in total. The van der Waals surface area contributed by atoms with Gasteiger partial charge in [-0.3, -0.25) is 4.98 Å². The summed E-state index contributed by atoms with van der Waals surface area (Å²) in [5.74, 6) is 0.736. The summed E-state index contributed by atoms with van der Waals surface area (Å²) < 4.78 is 1.21. The summed E-state index contributed by atoms with van der Waals surface area (Å²) >= 11 is 3.64. The molecule has 1 aromatic heterocycles. The Morgan fingerprint density at radius 2 is 2.00 bits per heavy atom. The van der Waals surface area contributed by atoms with Crippen LogP contribution in [0.15, 0.2) is 16.7 Å². The molecule has 1 fully saturated rings. The largest absolute Gasteiger partial charge is 0.261 e. The fourth-order valence-electron chi connectivity index (χ4n) is 1.60. The van der Waals surface area contributed by atoms with Crippen LogP contribution in [0.1, 0.15) is 50.8 Å². The zero-order valence-corrected chi connectivity index (χ0v) is 10.6. The Morgan fingerprint density at radius 3 is 2.43 bits per heavy atom. The quantitative estimate of drug-likeness (QED) is 0.737. The fraction of sp³-hybridized carbons (Fsp3) is 0.583. The summed E-state index contributed by atoms with van der Waals surface area (Å²) in [6, 6.07) is 2.19. The maximum Gasteiger partial charge on any atom is 0.0445 e. The van der Waals surface area contributed by atoms with Gasteiger partial charge >= 0.3 is 0 Å². The van der Waals surface area contributed by atoms with E-state index >= 15 is 0 Å². The molecule has 0 amide bonds. The lowest BCUT2D eigenvalue weighted by molar-refractivity contribution is 0.583. The van der Waals surface area contributed by atoms with Crippen LogP contribution in [0.3, 0.4) is 0 Å². The van der Waals surface area contributed by atoms with E-state index < -0.39 is 0 Å². The number of hydrogen-bond acceptors (Lipinski definition) is 1. The van der Waals surface area contributed by atoms with E-state index in [1.165, 1.54) is 28.6 Å². The van der Waals surface area contributed by atoms with Gasteiger partial charge in [-0.05, 0) is 29.9 Å². The van der Waals surface area contributed by atoms with Gasteiger partial charge in [0.1, 0.15) is 0 Å². The SMILES string of the molecule is CC(C)(C)c1cnc(C2CC2)cc1Br. The predicted molar refractivity (Wildman–Crippen MR) is 62.6 cm³/mol. The molecule has 14 heavy (non-hydrogen) atoms. The number of halogens is 1. The molecule has 1 heterocycles. The highest BCUT2D eigenvalue weighted by atomic mass is 79.9. The maximum atomic E-state index is 4.54. The lowest BCUT2D eigenvalue weighted by atomic mass is 9.88. The van der Waals surface area contributed by atoms with Crippen LogP contribution in [-0.2, 0) is 5.41 Å². The summed E-state index contributed by atoms with van der Waals surface area (Å²) in [4.78, 5) is 4.54. The Labute approximate surface area is 94.1 Å². The molecule has 0 bridgehead atoms. The molecule has 76 valence electrons. The van der Waals surface area contributed by atoms with Gasteiger partial charge in [0.15, 0.2) is 0 Å². The van der Waals surface area contributed by atoms with Crippen LogP contribution in [0.25, 0.3) is 0 Å². The van der Waals surface area contributed by atoms with Crippen molar-refractivity contribution in [2.45, 2.75) is 44.9 Å². The standard InChI is InChI=1S/C12H16BrN/c1-12(2,3)9-7-14-11(6-10(9)13)8-4-5-8/h6-8H,4-5H2,1-3H3. The Kier molecular flexibility index (Phi) is 2.42. The third kappa shape index (κ3) is 2.00. The van der Waals surface area contributed by atoms with Crippen LogP contribution < -0.4 is 0 Å². The van der Waals surface area contributed by atoms with E-state index in [9.17, 15) is 0 Å². The van der Waals surface area contributed by atoms with Crippen molar-refractivity contribution >= 4 is 15.9 Å². The van der Waals surface area contributed by atoms with Gasteiger partial charge in [0.2, 0.25) is 0 Å². The Morgan fingerprint density at radius 1 is 1.36 bits per heavy atom. The predicted octanol–water partition coefficient (Wildman–Crippen LogP) is 4.02. The van der Waals surface area contributed by atoms with Crippen molar-refractivity contribution < 1.29 is 0 Å². The van der Waals surface area contributed by atoms with Crippen molar-refractivity contribution in [2.24, 2.45) is 0 Å². The lowest BCUT2D eigenvalue weighted by Gasteiger charge is -2.20. The Hall–Kier alpha value is -0.370. The summed E-state index contributed by atoms with van der Waals surface area (Å²) in [5, 5.41) is 0. The zero-order chi connectivity index (χ0) is 10.3. The molecular formula is C12H16BrN. The van der Waals surface area contributed by atoms with Crippen LogP contribution in [0.2, 0.25) is 0 Å². The van der Waals surface area contributed by atoms with E-state index in [1.54, 1.807) is 0 Å². The van der Waals surface area contributed by atoms with E-state index in [1.807, 2.05) is 6.20 Å². The van der Waals surface area contributed by atoms with Gasteiger partial charge in [-0.25, -0.2) is 0 Å². The molecule has 0 saturated heterocycles. The van der Waals surface area contributed by atoms with Crippen molar-refractivity contribution in [2.75, 3.05) is 0 Å². The Balaban J connectivity index is 2.35. The second kappa shape index (κ2) is 3.34. The van der Waals surface area contributed by atoms with Crippen molar-refractivity contribution in [1.82, 2.24) is 4.98 Å². The first kappa shape index (κ1) is 10.2. The van der Waals surface area contributed by atoms with Crippen LogP contribution in [0.5, 0.6) is 0 Å². The summed E-state index contributed by atoms with van der Waals surface area (Å²) in [5.41, 5.74) is 2.72. The number of nitrogens with zero attached hydrogens (tertiary/aromatic N) is 1. The molecule has 0 spiro atoms. The van der Waals surface area contributed by atoms with Gasteiger partial charge in [0, 0.05) is 22.3 Å². The van der Waals surface area contributed by atoms with E-state index in [2.05, 4.69) is 47.8 Å². The van der Waals surface area contributed by atoms with Crippen LogP contribution in [-0.4, -0.2) is 4.98 Å². The zero-order valence-electron chi connectivity index (χ0n) is 8.97. The molecule has 0 aliphatic heterocycles. The number of pyridine rings is 1. The summed E-state index contributed by atoms with van der Waals surface area (Å²) in [6.07, 6.45) is 4.65. The first-order valence-electron chi connectivity index (χ1n) is 5.14. The molecule has 0 N–H and O–H groups in total. The number of aromatic nitrogens is 1. The minimum absolute atomic E-state index is 0.175. The molecule has 2 heteroatoms. The highest BCUT2D eigenvalue weighted by molar-refractivity contribution is 9.10. The topological polar surface area (TPSA) is 12.9 Å². The van der Waals surface area contributed by atoms with Crippen LogP contribution in [0.4, 0.5) is 0 Å².